The van der Waals surface area contributed by atoms with Gasteiger partial charge in [-0.1, -0.05) is 41.5 Å². The molecule has 13 heavy (non-hydrogen) atoms. The third-order valence-electron chi connectivity index (χ3n) is 6.21. The zero-order valence-electron chi connectivity index (χ0n) is 10.1. The summed E-state index contributed by atoms with van der Waals surface area (Å²) >= 11 is 0. The lowest BCUT2D eigenvalue weighted by Gasteiger charge is -2.80. The van der Waals surface area contributed by atoms with Crippen LogP contribution >= 0.6 is 0 Å². The van der Waals surface area contributed by atoms with Crippen LogP contribution in [-0.2, 0) is 0 Å². The van der Waals surface area contributed by atoms with Crippen LogP contribution in [0.1, 0.15) is 54.4 Å². The molecule has 0 bridgehead atoms. The summed E-state index contributed by atoms with van der Waals surface area (Å²) in [5.74, 6) is 1.78. The lowest BCUT2D eigenvalue weighted by Crippen LogP contribution is -2.73. The van der Waals surface area contributed by atoms with Crippen LogP contribution in [0.5, 0.6) is 0 Å². The van der Waals surface area contributed by atoms with Gasteiger partial charge in [0.15, 0.2) is 0 Å². The topological polar surface area (TPSA) is 0 Å². The highest BCUT2D eigenvalue weighted by atomic mass is 14.8. The maximum Gasteiger partial charge on any atom is -0.0189 e. The predicted octanol–water partition coefficient (Wildman–Crippen LogP) is 4.10. The zero-order chi connectivity index (χ0) is 10.1. The second kappa shape index (κ2) is 2.15. The van der Waals surface area contributed by atoms with E-state index < -0.39 is 0 Å². The van der Waals surface area contributed by atoms with Crippen LogP contribution in [-0.4, -0.2) is 0 Å². The zero-order valence-corrected chi connectivity index (χ0v) is 10.1. The Kier molecular flexibility index (Phi) is 1.58. The third-order valence-corrected chi connectivity index (χ3v) is 6.21. The van der Waals surface area contributed by atoms with Gasteiger partial charge in [0.2, 0.25) is 0 Å². The van der Waals surface area contributed by atoms with E-state index in [9.17, 15) is 0 Å². The molecule has 0 aromatic carbocycles. The minimum Gasteiger partial charge on any atom is -0.0622 e. The highest BCUT2D eigenvalue weighted by molar-refractivity contribution is 5.23. The Bertz CT molecular complexity index is 242. The summed E-state index contributed by atoms with van der Waals surface area (Å²) < 4.78 is 0. The van der Waals surface area contributed by atoms with Gasteiger partial charge in [-0.3, -0.25) is 0 Å². The van der Waals surface area contributed by atoms with E-state index in [2.05, 4.69) is 41.5 Å². The monoisotopic (exact) mass is 180 g/mol. The summed E-state index contributed by atoms with van der Waals surface area (Å²) in [6, 6.07) is 0. The van der Waals surface area contributed by atoms with Crippen molar-refractivity contribution in [2.75, 3.05) is 0 Å². The highest BCUT2D eigenvalue weighted by Gasteiger charge is 2.75. The number of rotatable bonds is 1. The molecule has 0 aliphatic heterocycles. The fourth-order valence-electron chi connectivity index (χ4n) is 4.75. The first-order chi connectivity index (χ1) is 5.78. The molecule has 0 amide bonds. The molecule has 2 aliphatic rings. The van der Waals surface area contributed by atoms with Crippen LogP contribution in [0, 0.1) is 28.1 Å². The second-order valence-electron chi connectivity index (χ2n) is 6.62. The van der Waals surface area contributed by atoms with Gasteiger partial charge in [0.25, 0.3) is 0 Å². The van der Waals surface area contributed by atoms with E-state index in [0.29, 0.717) is 16.2 Å². The fourth-order valence-corrected chi connectivity index (χ4v) is 4.75. The fraction of sp³-hybridized carbons (Fsp3) is 1.00. The lowest BCUT2D eigenvalue weighted by molar-refractivity contribution is -0.318. The molecule has 0 aromatic heterocycles. The van der Waals surface area contributed by atoms with Crippen molar-refractivity contribution in [1.29, 1.82) is 0 Å². The Labute approximate surface area is 83.1 Å². The molecule has 0 nitrogen and oxygen atoms in total. The number of fused-ring (bicyclic) bond motifs is 1. The van der Waals surface area contributed by atoms with Crippen molar-refractivity contribution in [1.82, 2.24) is 0 Å². The van der Waals surface area contributed by atoms with Crippen molar-refractivity contribution in [2.45, 2.75) is 54.4 Å². The summed E-state index contributed by atoms with van der Waals surface area (Å²) in [6.07, 6.45) is 2.92. The van der Waals surface area contributed by atoms with Gasteiger partial charge in [-0.15, -0.1) is 0 Å². The first-order valence-corrected chi connectivity index (χ1v) is 5.78. The van der Waals surface area contributed by atoms with Crippen molar-refractivity contribution in [2.24, 2.45) is 28.1 Å². The number of hydrogen-bond donors (Lipinski definition) is 0. The van der Waals surface area contributed by atoms with E-state index in [-0.39, 0.29) is 0 Å². The van der Waals surface area contributed by atoms with Gasteiger partial charge < -0.3 is 0 Å². The largest absolute Gasteiger partial charge is 0.0622 e. The Hall–Kier alpha value is 0. The minimum absolute atomic E-state index is 0.611. The molecule has 0 heteroatoms. The smallest absolute Gasteiger partial charge is 0.0189 e. The van der Waals surface area contributed by atoms with Crippen LogP contribution in [0.3, 0.4) is 0 Å². The van der Waals surface area contributed by atoms with Crippen LogP contribution in [0.15, 0.2) is 0 Å². The molecule has 2 saturated carbocycles. The molecule has 0 aromatic rings. The number of hydrogen-bond acceptors (Lipinski definition) is 0. The van der Waals surface area contributed by atoms with E-state index in [1.165, 1.54) is 12.8 Å². The Morgan fingerprint density at radius 2 is 1.69 bits per heavy atom. The molecule has 0 spiro atoms. The van der Waals surface area contributed by atoms with Gasteiger partial charge >= 0.3 is 0 Å². The molecule has 2 aliphatic carbocycles. The summed E-state index contributed by atoms with van der Waals surface area (Å²) in [4.78, 5) is 0. The van der Waals surface area contributed by atoms with Gasteiger partial charge in [-0.25, -0.2) is 0 Å². The highest BCUT2D eigenvalue weighted by Crippen LogP contribution is 2.82. The quantitative estimate of drug-likeness (QED) is 0.570. The normalized spacial score (nSPS) is 59.8. The Morgan fingerprint density at radius 1 is 1.15 bits per heavy atom. The lowest BCUT2D eigenvalue weighted by atomic mass is 9.24. The van der Waals surface area contributed by atoms with Crippen molar-refractivity contribution >= 4 is 0 Å². The van der Waals surface area contributed by atoms with E-state index >= 15 is 0 Å². The first-order valence-electron chi connectivity index (χ1n) is 5.78. The molecule has 0 heterocycles. The van der Waals surface area contributed by atoms with Gasteiger partial charge in [0, 0.05) is 0 Å². The van der Waals surface area contributed by atoms with Crippen LogP contribution in [0.25, 0.3) is 0 Å². The molecule has 76 valence electrons. The minimum atomic E-state index is 0.611. The second-order valence-corrected chi connectivity index (χ2v) is 6.62. The average molecular weight is 180 g/mol. The van der Waals surface area contributed by atoms with E-state index in [4.69, 9.17) is 0 Å². The molecule has 2 rings (SSSR count). The summed E-state index contributed by atoms with van der Waals surface area (Å²) in [6.45, 7) is 14.8. The first kappa shape index (κ1) is 9.55. The Balaban J connectivity index is 2.31. The SMILES string of the molecule is CC(C)C1(C)CC2(C)CC(C)C21C. The third kappa shape index (κ3) is 0.714. The van der Waals surface area contributed by atoms with Crippen LogP contribution < -0.4 is 0 Å². The standard InChI is InChI=1S/C13H24/c1-9(2)12(5)8-11(4)7-10(3)13(11,12)6/h9-10H,7-8H2,1-6H3. The summed E-state index contributed by atoms with van der Waals surface area (Å²) in [5.41, 5.74) is 1.93. The van der Waals surface area contributed by atoms with Crippen molar-refractivity contribution in [3.63, 3.8) is 0 Å². The van der Waals surface area contributed by atoms with E-state index in [1.807, 2.05) is 0 Å². The van der Waals surface area contributed by atoms with Gasteiger partial charge in [-0.05, 0) is 40.9 Å². The van der Waals surface area contributed by atoms with Gasteiger partial charge in [-0.2, -0.15) is 0 Å². The van der Waals surface area contributed by atoms with E-state index in [0.717, 1.165) is 11.8 Å². The van der Waals surface area contributed by atoms with Crippen molar-refractivity contribution in [3.8, 4) is 0 Å². The van der Waals surface area contributed by atoms with Gasteiger partial charge in [0.05, 0.1) is 0 Å². The molecular weight excluding hydrogens is 156 g/mol. The molecule has 4 atom stereocenters. The molecule has 4 unspecified atom stereocenters. The van der Waals surface area contributed by atoms with Crippen molar-refractivity contribution in [3.05, 3.63) is 0 Å². The average Bonchev–Trinajstić information content (AvgIpc) is 2.02. The molecule has 2 fully saturated rings. The Morgan fingerprint density at radius 3 is 1.92 bits per heavy atom. The van der Waals surface area contributed by atoms with Crippen LogP contribution in [0.4, 0.5) is 0 Å². The molecule has 0 N–H and O–H groups in total. The maximum absolute atomic E-state index is 2.53. The maximum atomic E-state index is 2.53. The molecule has 0 radical (unpaired) electrons. The molecule has 0 saturated heterocycles. The van der Waals surface area contributed by atoms with Gasteiger partial charge in [0.1, 0.15) is 0 Å². The van der Waals surface area contributed by atoms with Crippen molar-refractivity contribution < 1.29 is 0 Å². The van der Waals surface area contributed by atoms with Crippen LogP contribution in [0.2, 0.25) is 0 Å². The predicted molar refractivity (Wildman–Crippen MR) is 57.6 cm³/mol. The molecular formula is C13H24. The summed E-state index contributed by atoms with van der Waals surface area (Å²) in [7, 11) is 0. The van der Waals surface area contributed by atoms with E-state index in [1.54, 1.807) is 0 Å². The summed E-state index contributed by atoms with van der Waals surface area (Å²) in [5, 5.41) is 0.